The predicted octanol–water partition coefficient (Wildman–Crippen LogP) is 0.437. The maximum absolute atomic E-state index is 12.2. The molecule has 2 N–H and O–H groups in total. The number of benzene rings is 1. The first-order valence-electron chi connectivity index (χ1n) is 8.16. The molecule has 140 valence electrons. The molecule has 9 nitrogen and oxygen atoms in total. The van der Waals surface area contributed by atoms with E-state index >= 15 is 0 Å². The molecule has 1 saturated heterocycles. The fraction of sp³-hybridized carbons (Fsp3) is 0.412. The number of hydrogen-bond donors (Lipinski definition) is 2. The Bertz CT molecular complexity index is 688. The normalized spacial score (nSPS) is 16.2. The Hall–Kier alpha value is -3.10. The number of amides is 4. The Morgan fingerprint density at radius 3 is 2.54 bits per heavy atom. The Kier molecular flexibility index (Phi) is 6.54. The standard InChI is InChI=1S/C17H21N3O6/c1-3-25-13-6-4-12(5-7-13)20-9-11(8-15(20)22)16(23)26-10-14(21)19-17(24)18-2/h4-7,11H,3,8-10H2,1-2H3,(H2,18,19,21,24). The van der Waals surface area contributed by atoms with Gasteiger partial charge in [0.25, 0.3) is 5.91 Å². The van der Waals surface area contributed by atoms with Gasteiger partial charge in [0, 0.05) is 25.7 Å². The van der Waals surface area contributed by atoms with Crippen LogP contribution in [-0.2, 0) is 19.1 Å². The van der Waals surface area contributed by atoms with E-state index in [4.69, 9.17) is 9.47 Å². The predicted molar refractivity (Wildman–Crippen MR) is 91.6 cm³/mol. The van der Waals surface area contributed by atoms with Crippen LogP contribution in [0.3, 0.4) is 0 Å². The Labute approximate surface area is 150 Å². The largest absolute Gasteiger partial charge is 0.494 e. The number of anilines is 1. The van der Waals surface area contributed by atoms with Crippen LogP contribution in [0.25, 0.3) is 0 Å². The molecule has 26 heavy (non-hydrogen) atoms. The summed E-state index contributed by atoms with van der Waals surface area (Å²) >= 11 is 0. The first-order chi connectivity index (χ1) is 12.4. The van der Waals surface area contributed by atoms with Gasteiger partial charge in [-0.1, -0.05) is 0 Å². The van der Waals surface area contributed by atoms with Crippen molar-refractivity contribution in [2.24, 2.45) is 5.92 Å². The molecular formula is C17H21N3O6. The van der Waals surface area contributed by atoms with Crippen LogP contribution in [0, 0.1) is 5.92 Å². The summed E-state index contributed by atoms with van der Waals surface area (Å²) in [6.45, 7) is 2.01. The van der Waals surface area contributed by atoms with Crippen LogP contribution >= 0.6 is 0 Å². The van der Waals surface area contributed by atoms with Gasteiger partial charge in [0.1, 0.15) is 5.75 Å². The van der Waals surface area contributed by atoms with Crippen molar-refractivity contribution in [1.29, 1.82) is 0 Å². The minimum absolute atomic E-state index is 0.00309. The van der Waals surface area contributed by atoms with Gasteiger partial charge in [-0.2, -0.15) is 0 Å². The summed E-state index contributed by atoms with van der Waals surface area (Å²) in [5, 5.41) is 4.19. The summed E-state index contributed by atoms with van der Waals surface area (Å²) in [6, 6.07) is 6.30. The molecule has 0 aromatic heterocycles. The summed E-state index contributed by atoms with van der Waals surface area (Å²) in [6.07, 6.45) is 0.00309. The quantitative estimate of drug-likeness (QED) is 0.709. The number of carbonyl (C=O) groups is 4. The lowest BCUT2D eigenvalue weighted by Gasteiger charge is -2.17. The number of urea groups is 1. The fourth-order valence-electron chi connectivity index (χ4n) is 2.48. The molecule has 1 aliphatic rings. The second-order valence-corrected chi connectivity index (χ2v) is 5.57. The lowest BCUT2D eigenvalue weighted by atomic mass is 10.1. The van der Waals surface area contributed by atoms with E-state index in [9.17, 15) is 19.2 Å². The molecule has 4 amide bonds. The third-order valence-electron chi connectivity index (χ3n) is 3.74. The number of esters is 1. The lowest BCUT2D eigenvalue weighted by molar-refractivity contribution is -0.152. The van der Waals surface area contributed by atoms with Gasteiger partial charge in [0.2, 0.25) is 5.91 Å². The van der Waals surface area contributed by atoms with E-state index < -0.39 is 30.4 Å². The number of carbonyl (C=O) groups excluding carboxylic acids is 4. The third-order valence-corrected chi connectivity index (χ3v) is 3.74. The van der Waals surface area contributed by atoms with E-state index in [-0.39, 0.29) is 18.9 Å². The number of rotatable bonds is 6. The second-order valence-electron chi connectivity index (χ2n) is 5.57. The molecule has 0 saturated carbocycles. The van der Waals surface area contributed by atoms with E-state index in [0.717, 1.165) is 0 Å². The summed E-state index contributed by atoms with van der Waals surface area (Å²) in [4.78, 5) is 48.2. The Morgan fingerprint density at radius 2 is 1.92 bits per heavy atom. The Balaban J connectivity index is 1.89. The van der Waals surface area contributed by atoms with Gasteiger partial charge in [0.15, 0.2) is 6.61 Å². The fourth-order valence-corrected chi connectivity index (χ4v) is 2.48. The number of ether oxygens (including phenoxy) is 2. The van der Waals surface area contributed by atoms with Gasteiger partial charge >= 0.3 is 12.0 Å². The molecule has 0 aliphatic carbocycles. The molecule has 0 bridgehead atoms. The number of imide groups is 1. The highest BCUT2D eigenvalue weighted by Gasteiger charge is 2.36. The molecule has 1 aliphatic heterocycles. The van der Waals surface area contributed by atoms with Gasteiger partial charge in [-0.05, 0) is 31.2 Å². The maximum Gasteiger partial charge on any atom is 0.321 e. The molecule has 0 radical (unpaired) electrons. The van der Waals surface area contributed by atoms with Crippen molar-refractivity contribution >= 4 is 29.5 Å². The average Bonchev–Trinajstić information content (AvgIpc) is 3.02. The van der Waals surface area contributed by atoms with Gasteiger partial charge in [0.05, 0.1) is 12.5 Å². The highest BCUT2D eigenvalue weighted by molar-refractivity contribution is 6.00. The van der Waals surface area contributed by atoms with E-state index in [0.29, 0.717) is 18.0 Å². The van der Waals surface area contributed by atoms with Crippen LogP contribution < -0.4 is 20.3 Å². The van der Waals surface area contributed by atoms with Gasteiger partial charge < -0.3 is 19.7 Å². The minimum Gasteiger partial charge on any atom is -0.494 e. The minimum atomic E-state index is -0.745. The zero-order chi connectivity index (χ0) is 19.1. The molecule has 1 unspecified atom stereocenters. The van der Waals surface area contributed by atoms with Crippen molar-refractivity contribution in [3.05, 3.63) is 24.3 Å². The average molecular weight is 363 g/mol. The van der Waals surface area contributed by atoms with E-state index in [1.165, 1.54) is 11.9 Å². The SMILES string of the molecule is CCOc1ccc(N2CC(C(=O)OCC(=O)NC(=O)NC)CC2=O)cc1. The van der Waals surface area contributed by atoms with Gasteiger partial charge in [-0.15, -0.1) is 0 Å². The second kappa shape index (κ2) is 8.84. The van der Waals surface area contributed by atoms with Crippen molar-refractivity contribution in [2.75, 3.05) is 31.7 Å². The van der Waals surface area contributed by atoms with Crippen molar-refractivity contribution in [3.8, 4) is 5.75 Å². The van der Waals surface area contributed by atoms with Crippen LogP contribution in [0.5, 0.6) is 5.75 Å². The maximum atomic E-state index is 12.2. The van der Waals surface area contributed by atoms with Crippen molar-refractivity contribution in [2.45, 2.75) is 13.3 Å². The highest BCUT2D eigenvalue weighted by atomic mass is 16.5. The van der Waals surface area contributed by atoms with Gasteiger partial charge in [-0.3, -0.25) is 19.7 Å². The number of hydrogen-bond acceptors (Lipinski definition) is 6. The zero-order valence-corrected chi connectivity index (χ0v) is 14.6. The molecule has 1 atom stereocenters. The molecule has 1 heterocycles. The van der Waals surface area contributed by atoms with Crippen LogP contribution in [0.4, 0.5) is 10.5 Å². The zero-order valence-electron chi connectivity index (χ0n) is 14.6. The summed E-state index contributed by atoms with van der Waals surface area (Å²) < 4.78 is 10.2. The summed E-state index contributed by atoms with van der Waals surface area (Å²) in [5.74, 6) is -1.57. The summed E-state index contributed by atoms with van der Waals surface area (Å²) in [5.41, 5.74) is 0.658. The monoisotopic (exact) mass is 363 g/mol. The van der Waals surface area contributed by atoms with E-state index in [2.05, 4.69) is 5.32 Å². The first kappa shape index (κ1) is 19.2. The lowest BCUT2D eigenvalue weighted by Crippen LogP contribution is -2.40. The van der Waals surface area contributed by atoms with E-state index in [1.807, 2.05) is 12.2 Å². The molecule has 1 aromatic rings. The van der Waals surface area contributed by atoms with Crippen LogP contribution in [0.2, 0.25) is 0 Å². The van der Waals surface area contributed by atoms with Crippen molar-refractivity contribution < 1.29 is 28.7 Å². The molecule has 1 aromatic carbocycles. The van der Waals surface area contributed by atoms with Crippen molar-refractivity contribution in [1.82, 2.24) is 10.6 Å². The molecular weight excluding hydrogens is 342 g/mol. The molecule has 2 rings (SSSR count). The summed E-state index contributed by atoms with van der Waals surface area (Å²) in [7, 11) is 1.36. The van der Waals surface area contributed by atoms with E-state index in [1.54, 1.807) is 24.3 Å². The third kappa shape index (κ3) is 4.95. The number of nitrogens with one attached hydrogen (secondary N) is 2. The van der Waals surface area contributed by atoms with Crippen LogP contribution in [0.1, 0.15) is 13.3 Å². The van der Waals surface area contributed by atoms with Crippen LogP contribution in [0.15, 0.2) is 24.3 Å². The topological polar surface area (TPSA) is 114 Å². The molecule has 0 spiro atoms. The number of nitrogens with zero attached hydrogens (tertiary/aromatic N) is 1. The molecule has 1 fully saturated rings. The first-order valence-corrected chi connectivity index (χ1v) is 8.16. The smallest absolute Gasteiger partial charge is 0.321 e. The highest BCUT2D eigenvalue weighted by Crippen LogP contribution is 2.27. The Morgan fingerprint density at radius 1 is 1.23 bits per heavy atom. The van der Waals surface area contributed by atoms with Gasteiger partial charge in [-0.25, -0.2) is 4.79 Å². The van der Waals surface area contributed by atoms with Crippen molar-refractivity contribution in [3.63, 3.8) is 0 Å². The van der Waals surface area contributed by atoms with Crippen LogP contribution in [-0.4, -0.2) is 50.6 Å². The molecule has 9 heteroatoms.